The number of aliphatic hydroxyl groups is 2. The Morgan fingerprint density at radius 1 is 1.30 bits per heavy atom. The molecule has 0 aliphatic heterocycles. The number of benzene rings is 1. The average molecular weight is 379 g/mol. The first-order chi connectivity index (χ1) is 12.7. The predicted molar refractivity (Wildman–Crippen MR) is 104 cm³/mol. The molecule has 2 rings (SSSR count). The van der Waals surface area contributed by atoms with Crippen LogP contribution in [0.2, 0.25) is 0 Å². The van der Waals surface area contributed by atoms with Gasteiger partial charge in [-0.1, -0.05) is 43.5 Å². The van der Waals surface area contributed by atoms with Gasteiger partial charge in [-0.25, -0.2) is 5.48 Å². The van der Waals surface area contributed by atoms with E-state index in [4.69, 9.17) is 10.9 Å². The molecule has 1 fully saturated rings. The van der Waals surface area contributed by atoms with Gasteiger partial charge in [-0.2, -0.15) is 0 Å². The Kier molecular flexibility index (Phi) is 7.79. The summed E-state index contributed by atoms with van der Waals surface area (Å²) < 4.78 is 0. The van der Waals surface area contributed by atoms with Crippen LogP contribution in [0.4, 0.5) is 0 Å². The third-order valence-electron chi connectivity index (χ3n) is 5.76. The lowest BCUT2D eigenvalue weighted by Gasteiger charge is -2.31. The summed E-state index contributed by atoms with van der Waals surface area (Å²) in [4.78, 5) is 12.1. The molecule has 152 valence electrons. The van der Waals surface area contributed by atoms with E-state index in [-0.39, 0.29) is 12.3 Å². The number of hydrogen-bond donors (Lipinski definition) is 5. The van der Waals surface area contributed by atoms with Crippen LogP contribution in [-0.4, -0.2) is 33.5 Å². The minimum Gasteiger partial charge on any atom is -0.391 e. The second-order valence-corrected chi connectivity index (χ2v) is 8.41. The lowest BCUT2D eigenvalue weighted by Crippen LogP contribution is -2.42. The molecule has 6 nitrogen and oxygen atoms in total. The molecule has 1 aromatic rings. The maximum absolute atomic E-state index is 12.1. The van der Waals surface area contributed by atoms with E-state index in [1.807, 2.05) is 24.3 Å². The first-order valence-corrected chi connectivity index (χ1v) is 9.91. The highest BCUT2D eigenvalue weighted by atomic mass is 16.5. The molecule has 3 atom stereocenters. The van der Waals surface area contributed by atoms with E-state index in [0.717, 1.165) is 36.8 Å². The fourth-order valence-electron chi connectivity index (χ4n) is 4.06. The highest BCUT2D eigenvalue weighted by molar-refractivity contribution is 5.77. The summed E-state index contributed by atoms with van der Waals surface area (Å²) >= 11 is 0. The molecule has 6 N–H and O–H groups in total. The monoisotopic (exact) mass is 378 g/mol. The van der Waals surface area contributed by atoms with E-state index in [9.17, 15) is 15.0 Å². The summed E-state index contributed by atoms with van der Waals surface area (Å²) in [5, 5.41) is 29.9. The number of hydroxylamine groups is 1. The Bertz CT molecular complexity index is 608. The van der Waals surface area contributed by atoms with E-state index >= 15 is 0 Å². The van der Waals surface area contributed by atoms with Crippen LogP contribution < -0.4 is 11.2 Å². The van der Waals surface area contributed by atoms with Gasteiger partial charge in [-0.3, -0.25) is 10.0 Å². The zero-order valence-corrected chi connectivity index (χ0v) is 16.4. The molecule has 1 saturated carbocycles. The van der Waals surface area contributed by atoms with Gasteiger partial charge in [0.1, 0.15) is 0 Å². The SMILES string of the molecule is CC(C)(O)c1cccc(CC(N)C(O)CC(C(=O)NO)C2CCCCC2)c1. The number of carbonyl (C=O) groups excluding carboxylic acids is 1. The fraction of sp³-hybridized carbons (Fsp3) is 0.667. The van der Waals surface area contributed by atoms with E-state index in [0.29, 0.717) is 6.42 Å². The quantitative estimate of drug-likeness (QED) is 0.351. The molecular formula is C21H34N2O4. The molecule has 27 heavy (non-hydrogen) atoms. The standard InChI is InChI=1S/C21H34N2O4/c1-21(2,26)16-10-6-7-14(11-16)12-18(22)19(24)13-17(20(25)23-27)15-8-4-3-5-9-15/h6-7,10-11,15,17-19,24,26-27H,3-5,8-9,12-13,22H2,1-2H3,(H,23,25). The summed E-state index contributed by atoms with van der Waals surface area (Å²) in [6, 6.07) is 7.01. The van der Waals surface area contributed by atoms with E-state index in [1.54, 1.807) is 19.3 Å². The average Bonchev–Trinajstić information content (AvgIpc) is 2.65. The van der Waals surface area contributed by atoms with Crippen LogP contribution in [0.25, 0.3) is 0 Å². The van der Waals surface area contributed by atoms with Crippen LogP contribution in [0.3, 0.4) is 0 Å². The first-order valence-electron chi connectivity index (χ1n) is 9.91. The van der Waals surface area contributed by atoms with E-state index < -0.39 is 29.6 Å². The molecule has 1 aliphatic rings. The van der Waals surface area contributed by atoms with Crippen molar-refractivity contribution in [3.63, 3.8) is 0 Å². The zero-order chi connectivity index (χ0) is 20.0. The van der Waals surface area contributed by atoms with Crippen LogP contribution >= 0.6 is 0 Å². The van der Waals surface area contributed by atoms with Crippen molar-refractivity contribution in [3.8, 4) is 0 Å². The number of carbonyl (C=O) groups is 1. The third-order valence-corrected chi connectivity index (χ3v) is 5.76. The highest BCUT2D eigenvalue weighted by Gasteiger charge is 2.32. The maximum atomic E-state index is 12.1. The molecule has 0 bridgehead atoms. The largest absolute Gasteiger partial charge is 0.391 e. The van der Waals surface area contributed by atoms with Gasteiger partial charge < -0.3 is 15.9 Å². The molecular weight excluding hydrogens is 344 g/mol. The van der Waals surface area contributed by atoms with E-state index in [2.05, 4.69) is 0 Å². The molecule has 1 amide bonds. The number of aliphatic hydroxyl groups excluding tert-OH is 1. The van der Waals surface area contributed by atoms with Crippen LogP contribution in [-0.2, 0) is 16.8 Å². The van der Waals surface area contributed by atoms with Gasteiger partial charge in [-0.15, -0.1) is 0 Å². The molecule has 0 saturated heterocycles. The third kappa shape index (κ3) is 6.28. The first kappa shape index (κ1) is 21.8. The topological polar surface area (TPSA) is 116 Å². The lowest BCUT2D eigenvalue weighted by atomic mass is 9.76. The Hall–Kier alpha value is -1.47. The minimum absolute atomic E-state index is 0.172. The zero-order valence-electron chi connectivity index (χ0n) is 16.4. The Morgan fingerprint density at radius 2 is 1.96 bits per heavy atom. The number of nitrogens with two attached hydrogens (primary N) is 1. The number of rotatable bonds is 8. The number of amides is 1. The van der Waals surface area contributed by atoms with Crippen molar-refractivity contribution in [2.24, 2.45) is 17.6 Å². The predicted octanol–water partition coefficient (Wildman–Crippen LogP) is 2.24. The molecule has 3 unspecified atom stereocenters. The van der Waals surface area contributed by atoms with Gasteiger partial charge in [0.15, 0.2) is 0 Å². The summed E-state index contributed by atoms with van der Waals surface area (Å²) in [5.41, 5.74) is 8.77. The van der Waals surface area contributed by atoms with Crippen molar-refractivity contribution in [1.29, 1.82) is 0 Å². The summed E-state index contributed by atoms with van der Waals surface area (Å²) in [5.74, 6) is -0.692. The normalized spacial score (nSPS) is 19.3. The van der Waals surface area contributed by atoms with Crippen molar-refractivity contribution in [3.05, 3.63) is 35.4 Å². The molecule has 1 aromatic carbocycles. The van der Waals surface area contributed by atoms with Crippen molar-refractivity contribution in [2.75, 3.05) is 0 Å². The molecule has 1 aliphatic carbocycles. The summed E-state index contributed by atoms with van der Waals surface area (Å²) in [6.45, 7) is 3.45. The van der Waals surface area contributed by atoms with Gasteiger partial charge in [0.25, 0.3) is 0 Å². The van der Waals surface area contributed by atoms with Gasteiger partial charge in [0.2, 0.25) is 5.91 Å². The Balaban J connectivity index is 2.02. The number of nitrogens with one attached hydrogen (secondary N) is 1. The van der Waals surface area contributed by atoms with Gasteiger partial charge in [0.05, 0.1) is 11.7 Å². The van der Waals surface area contributed by atoms with Crippen LogP contribution in [0.5, 0.6) is 0 Å². The minimum atomic E-state index is -0.940. The molecule has 6 heteroatoms. The van der Waals surface area contributed by atoms with Gasteiger partial charge in [0, 0.05) is 12.0 Å². The molecule has 0 radical (unpaired) electrons. The summed E-state index contributed by atoms with van der Waals surface area (Å²) in [7, 11) is 0. The van der Waals surface area contributed by atoms with Crippen LogP contribution in [0, 0.1) is 11.8 Å². The van der Waals surface area contributed by atoms with Crippen molar-refractivity contribution in [2.45, 2.75) is 76.5 Å². The van der Waals surface area contributed by atoms with E-state index in [1.165, 1.54) is 6.42 Å². The number of hydrogen-bond acceptors (Lipinski definition) is 5. The van der Waals surface area contributed by atoms with Gasteiger partial charge >= 0.3 is 0 Å². The lowest BCUT2D eigenvalue weighted by molar-refractivity contribution is -0.137. The Morgan fingerprint density at radius 3 is 2.56 bits per heavy atom. The summed E-state index contributed by atoms with van der Waals surface area (Å²) in [6.07, 6.45) is 5.04. The van der Waals surface area contributed by atoms with Crippen LogP contribution in [0.15, 0.2) is 24.3 Å². The Labute approximate surface area is 161 Å². The second-order valence-electron chi connectivity index (χ2n) is 8.41. The maximum Gasteiger partial charge on any atom is 0.246 e. The van der Waals surface area contributed by atoms with Crippen molar-refractivity contribution in [1.82, 2.24) is 5.48 Å². The van der Waals surface area contributed by atoms with Crippen LogP contribution in [0.1, 0.15) is 63.5 Å². The molecule has 0 aromatic heterocycles. The smallest absolute Gasteiger partial charge is 0.246 e. The fourth-order valence-corrected chi connectivity index (χ4v) is 4.06. The highest BCUT2D eigenvalue weighted by Crippen LogP contribution is 2.33. The van der Waals surface area contributed by atoms with Crippen molar-refractivity contribution >= 4 is 5.91 Å². The van der Waals surface area contributed by atoms with Gasteiger partial charge in [-0.05, 0) is 56.6 Å². The molecule has 0 spiro atoms. The molecule has 0 heterocycles. The second kappa shape index (κ2) is 9.64. The van der Waals surface area contributed by atoms with Crippen molar-refractivity contribution < 1.29 is 20.2 Å².